The number of nitrogens with zero attached hydrogens (tertiary/aromatic N) is 4. The lowest BCUT2D eigenvalue weighted by atomic mass is 9.95. The Hall–Kier alpha value is -1.93. The van der Waals surface area contributed by atoms with Crippen molar-refractivity contribution in [1.29, 1.82) is 0 Å². The smallest absolute Gasteiger partial charge is 0.211 e. The number of fused-ring (bicyclic) bond motifs is 5. The third-order valence-electron chi connectivity index (χ3n) is 6.27. The third-order valence-corrected chi connectivity index (χ3v) is 7.53. The number of H-pyrrole nitrogens is 1. The van der Waals surface area contributed by atoms with E-state index in [9.17, 15) is 8.42 Å². The molecule has 2 aliphatic rings. The van der Waals surface area contributed by atoms with E-state index in [1.54, 1.807) is 13.2 Å². The van der Waals surface area contributed by atoms with Gasteiger partial charge >= 0.3 is 0 Å². The van der Waals surface area contributed by atoms with Crippen molar-refractivity contribution in [2.75, 3.05) is 13.3 Å². The van der Waals surface area contributed by atoms with Crippen molar-refractivity contribution < 1.29 is 8.42 Å². The van der Waals surface area contributed by atoms with E-state index < -0.39 is 10.0 Å². The molecule has 5 rings (SSSR count). The fourth-order valence-electron chi connectivity index (χ4n) is 4.95. The highest BCUT2D eigenvalue weighted by molar-refractivity contribution is 7.88. The van der Waals surface area contributed by atoms with Crippen molar-refractivity contribution in [1.82, 2.24) is 23.8 Å². The third kappa shape index (κ3) is 2.39. The molecule has 0 aromatic carbocycles. The fraction of sp³-hybridized carbons (Fsp3) is 0.556. The maximum Gasteiger partial charge on any atom is 0.211 e. The molecule has 8 heteroatoms. The van der Waals surface area contributed by atoms with Crippen LogP contribution in [0.5, 0.6) is 0 Å². The molecule has 3 heterocycles. The first-order chi connectivity index (χ1) is 12.4. The van der Waals surface area contributed by atoms with Gasteiger partial charge in [0, 0.05) is 24.7 Å². The van der Waals surface area contributed by atoms with E-state index >= 15 is 0 Å². The summed E-state index contributed by atoms with van der Waals surface area (Å²) in [6.07, 6.45) is 9.97. The summed E-state index contributed by atoms with van der Waals surface area (Å²) in [6, 6.07) is 2.45. The molecule has 7 nitrogen and oxygen atoms in total. The van der Waals surface area contributed by atoms with Gasteiger partial charge in [0.2, 0.25) is 10.0 Å². The lowest BCUT2D eigenvalue weighted by Gasteiger charge is -2.27. The van der Waals surface area contributed by atoms with Crippen LogP contribution in [-0.2, 0) is 16.6 Å². The molecular formula is C18H23N5O2S. The Balaban J connectivity index is 1.72. The highest BCUT2D eigenvalue weighted by atomic mass is 32.2. The molecule has 0 saturated heterocycles. The summed E-state index contributed by atoms with van der Waals surface area (Å²) in [6.45, 7) is 0.285. The van der Waals surface area contributed by atoms with E-state index in [0.717, 1.165) is 33.8 Å². The first-order valence-corrected chi connectivity index (χ1v) is 11.0. The van der Waals surface area contributed by atoms with Crippen LogP contribution in [0.15, 0.2) is 18.5 Å². The van der Waals surface area contributed by atoms with Gasteiger partial charge in [0.25, 0.3) is 0 Å². The van der Waals surface area contributed by atoms with Crippen LogP contribution in [0.2, 0.25) is 0 Å². The minimum Gasteiger partial charge on any atom is -0.346 e. The number of rotatable bonds is 4. The summed E-state index contributed by atoms with van der Waals surface area (Å²) >= 11 is 0. The van der Waals surface area contributed by atoms with Gasteiger partial charge in [-0.3, -0.25) is 0 Å². The lowest BCUT2D eigenvalue weighted by molar-refractivity contribution is 0.321. The molecule has 138 valence electrons. The van der Waals surface area contributed by atoms with E-state index in [-0.39, 0.29) is 6.54 Å². The molecule has 2 saturated carbocycles. The van der Waals surface area contributed by atoms with Gasteiger partial charge in [-0.1, -0.05) is 6.42 Å². The monoisotopic (exact) mass is 373 g/mol. The normalized spacial score (nSPS) is 25.9. The number of imidazole rings is 1. The maximum absolute atomic E-state index is 12.0. The number of aromatic amines is 1. The van der Waals surface area contributed by atoms with Gasteiger partial charge < -0.3 is 9.55 Å². The van der Waals surface area contributed by atoms with E-state index in [0.29, 0.717) is 12.0 Å². The average molecular weight is 373 g/mol. The van der Waals surface area contributed by atoms with Crippen molar-refractivity contribution in [2.24, 2.45) is 11.8 Å². The van der Waals surface area contributed by atoms with Crippen LogP contribution in [0.3, 0.4) is 0 Å². The second-order valence-corrected chi connectivity index (χ2v) is 9.98. The summed E-state index contributed by atoms with van der Waals surface area (Å²) in [5.41, 5.74) is 2.78. The number of aromatic nitrogens is 4. The number of hydrogen-bond acceptors (Lipinski definition) is 4. The molecule has 2 unspecified atom stereocenters. The summed E-state index contributed by atoms with van der Waals surface area (Å²) in [7, 11) is -1.65. The first-order valence-electron chi connectivity index (χ1n) is 9.16. The van der Waals surface area contributed by atoms with E-state index in [1.807, 2.05) is 12.3 Å². The van der Waals surface area contributed by atoms with Gasteiger partial charge in [-0.05, 0) is 37.2 Å². The molecule has 0 spiro atoms. The molecule has 3 aromatic heterocycles. The average Bonchev–Trinajstić information content (AvgIpc) is 3.34. The molecule has 2 fully saturated rings. The van der Waals surface area contributed by atoms with Gasteiger partial charge in [-0.25, -0.2) is 18.4 Å². The predicted octanol–water partition coefficient (Wildman–Crippen LogP) is 2.67. The highest BCUT2D eigenvalue weighted by Crippen LogP contribution is 2.52. The van der Waals surface area contributed by atoms with Crippen molar-refractivity contribution in [2.45, 2.75) is 38.3 Å². The number of pyridine rings is 1. The number of sulfonamides is 1. The summed E-state index contributed by atoms with van der Waals surface area (Å²) in [5, 5.41) is 1.06. The molecule has 0 amide bonds. The second kappa shape index (κ2) is 5.53. The summed E-state index contributed by atoms with van der Waals surface area (Å²) < 4.78 is 27.6. The van der Waals surface area contributed by atoms with Crippen LogP contribution in [0.25, 0.3) is 22.1 Å². The van der Waals surface area contributed by atoms with Crippen molar-refractivity contribution in [3.8, 4) is 0 Å². The predicted molar refractivity (Wildman–Crippen MR) is 100 cm³/mol. The highest BCUT2D eigenvalue weighted by Gasteiger charge is 2.42. The standard InChI is InChI=1S/C18H23N5O2S/c1-22(26(2,24)25)10-16-21-14-9-20-18-13(5-6-19-18)17(14)23(16)15-8-11-3-4-12(15)7-11/h5-6,9,11-12,15H,3-4,7-8,10H2,1-2H3,(H,19,20)/t11-,12?,15?/m0/s1. The maximum atomic E-state index is 12.0. The Bertz CT molecular complexity index is 1100. The molecule has 3 atom stereocenters. The zero-order chi connectivity index (χ0) is 18.1. The largest absolute Gasteiger partial charge is 0.346 e. The van der Waals surface area contributed by atoms with Crippen molar-refractivity contribution >= 4 is 32.1 Å². The molecule has 3 aromatic rings. The van der Waals surface area contributed by atoms with Crippen molar-refractivity contribution in [3.63, 3.8) is 0 Å². The van der Waals surface area contributed by atoms with E-state index in [4.69, 9.17) is 4.98 Å². The zero-order valence-electron chi connectivity index (χ0n) is 15.0. The Labute approximate surface area is 152 Å². The van der Waals surface area contributed by atoms with Gasteiger partial charge in [0.1, 0.15) is 17.0 Å². The Morgan fingerprint density at radius 1 is 1.35 bits per heavy atom. The summed E-state index contributed by atoms with van der Waals surface area (Å²) in [5.74, 6) is 2.29. The topological polar surface area (TPSA) is 83.9 Å². The van der Waals surface area contributed by atoms with Crippen LogP contribution in [0, 0.1) is 11.8 Å². The Morgan fingerprint density at radius 2 is 2.19 bits per heavy atom. The second-order valence-electron chi connectivity index (χ2n) is 7.89. The quantitative estimate of drug-likeness (QED) is 0.762. The molecule has 26 heavy (non-hydrogen) atoms. The first kappa shape index (κ1) is 16.3. The SMILES string of the molecule is CN(Cc1nc2cnc3[nH]ccc3c2n1C1C[C@H]2CCC1C2)S(C)(=O)=O. The molecule has 0 aliphatic heterocycles. The number of hydrogen-bond donors (Lipinski definition) is 1. The Kier molecular flexibility index (Phi) is 3.46. The fourth-order valence-corrected chi connectivity index (χ4v) is 5.30. The van der Waals surface area contributed by atoms with E-state index in [1.165, 1.54) is 36.2 Å². The lowest BCUT2D eigenvalue weighted by Crippen LogP contribution is -2.28. The van der Waals surface area contributed by atoms with E-state index in [2.05, 4.69) is 14.5 Å². The molecule has 1 N–H and O–H groups in total. The minimum absolute atomic E-state index is 0.285. The van der Waals surface area contributed by atoms with Crippen molar-refractivity contribution in [3.05, 3.63) is 24.3 Å². The Morgan fingerprint density at radius 3 is 2.88 bits per heavy atom. The number of nitrogens with one attached hydrogen (secondary N) is 1. The molecule has 2 aliphatic carbocycles. The van der Waals surface area contributed by atoms with Crippen LogP contribution >= 0.6 is 0 Å². The van der Waals surface area contributed by atoms with Gasteiger partial charge in [-0.15, -0.1) is 0 Å². The van der Waals surface area contributed by atoms with Gasteiger partial charge in [-0.2, -0.15) is 4.31 Å². The molecule has 2 bridgehead atoms. The minimum atomic E-state index is -3.26. The van der Waals surface area contributed by atoms with Crippen LogP contribution < -0.4 is 0 Å². The zero-order valence-corrected chi connectivity index (χ0v) is 15.8. The molecular weight excluding hydrogens is 350 g/mol. The van der Waals surface area contributed by atoms with Crippen LogP contribution in [0.4, 0.5) is 0 Å². The summed E-state index contributed by atoms with van der Waals surface area (Å²) in [4.78, 5) is 12.4. The molecule has 0 radical (unpaired) electrons. The van der Waals surface area contributed by atoms with Gasteiger partial charge in [0.15, 0.2) is 0 Å². The van der Waals surface area contributed by atoms with Crippen LogP contribution in [0.1, 0.15) is 37.5 Å². The van der Waals surface area contributed by atoms with Gasteiger partial charge in [0.05, 0.1) is 24.5 Å². The van der Waals surface area contributed by atoms with Crippen LogP contribution in [-0.4, -0.2) is 45.5 Å².